The first kappa shape index (κ1) is 15.5. The summed E-state index contributed by atoms with van der Waals surface area (Å²) < 4.78 is 5.15. The molecule has 2 amide bonds. The number of aromatic hydroxyl groups is 1. The molecule has 24 heavy (non-hydrogen) atoms. The maximum atomic E-state index is 12.3. The molecule has 0 unspecified atom stereocenters. The number of hydrogen-bond acceptors (Lipinski definition) is 5. The van der Waals surface area contributed by atoms with Crippen molar-refractivity contribution in [2.24, 2.45) is 0 Å². The Hall–Kier alpha value is -3.35. The Morgan fingerprint density at radius 1 is 1.25 bits per heavy atom. The number of phenolic OH excluding ortho intramolecular Hbond substituents is 1. The lowest BCUT2D eigenvalue weighted by Crippen LogP contribution is -2.30. The predicted octanol–water partition coefficient (Wildman–Crippen LogP) is 3.11. The second-order valence-electron chi connectivity index (χ2n) is 5.24. The second-order valence-corrected chi connectivity index (χ2v) is 5.24. The van der Waals surface area contributed by atoms with Crippen LogP contribution in [0.5, 0.6) is 5.75 Å². The first-order chi connectivity index (χ1) is 11.6. The highest BCUT2D eigenvalue weighted by Crippen LogP contribution is 2.21. The number of nitrogens with one attached hydrogen (secondary N) is 1. The molecule has 3 aromatic rings. The molecule has 2 aromatic carbocycles. The van der Waals surface area contributed by atoms with Crippen LogP contribution < -0.4 is 5.32 Å². The van der Waals surface area contributed by atoms with Gasteiger partial charge in [0, 0.05) is 23.9 Å². The van der Waals surface area contributed by atoms with Crippen molar-refractivity contribution in [2.75, 3.05) is 12.4 Å². The van der Waals surface area contributed by atoms with Crippen molar-refractivity contribution in [1.82, 2.24) is 15.1 Å². The number of carbonyl (C=O) groups excluding carboxylic acids is 1. The quantitative estimate of drug-likeness (QED) is 0.769. The maximum absolute atomic E-state index is 12.3. The molecule has 0 atom stereocenters. The lowest BCUT2D eigenvalue weighted by Gasteiger charge is -2.18. The van der Waals surface area contributed by atoms with Crippen LogP contribution in [0.25, 0.3) is 11.5 Å². The molecule has 0 bridgehead atoms. The highest BCUT2D eigenvalue weighted by Gasteiger charge is 2.12. The van der Waals surface area contributed by atoms with Crippen LogP contribution in [0.3, 0.4) is 0 Å². The molecule has 0 aliphatic rings. The Labute approximate surface area is 138 Å². The van der Waals surface area contributed by atoms with Gasteiger partial charge >= 0.3 is 6.03 Å². The van der Waals surface area contributed by atoms with E-state index in [0.29, 0.717) is 29.2 Å². The number of nitrogens with zero attached hydrogens (tertiary/aromatic N) is 3. The smallest absolute Gasteiger partial charge is 0.321 e. The number of phenols is 1. The Morgan fingerprint density at radius 3 is 2.83 bits per heavy atom. The van der Waals surface area contributed by atoms with Crippen molar-refractivity contribution < 1.29 is 14.3 Å². The van der Waals surface area contributed by atoms with Crippen molar-refractivity contribution in [3.63, 3.8) is 0 Å². The molecule has 0 spiro atoms. The molecular formula is C17H16N4O3. The fraction of sp³-hybridized carbons (Fsp3) is 0.118. The van der Waals surface area contributed by atoms with Gasteiger partial charge < -0.3 is 19.7 Å². The van der Waals surface area contributed by atoms with E-state index in [-0.39, 0.29) is 11.8 Å². The molecule has 3 rings (SSSR count). The highest BCUT2D eigenvalue weighted by atomic mass is 16.4. The van der Waals surface area contributed by atoms with Crippen LogP contribution in [0.1, 0.15) is 5.56 Å². The zero-order valence-corrected chi connectivity index (χ0v) is 13.0. The van der Waals surface area contributed by atoms with Crippen LogP contribution in [-0.2, 0) is 6.54 Å². The van der Waals surface area contributed by atoms with Gasteiger partial charge in [-0.3, -0.25) is 0 Å². The van der Waals surface area contributed by atoms with E-state index in [1.165, 1.54) is 11.3 Å². The Bertz CT molecular complexity index is 833. The minimum Gasteiger partial charge on any atom is -0.508 e. The number of amides is 2. The van der Waals surface area contributed by atoms with Crippen LogP contribution in [-0.4, -0.2) is 33.3 Å². The summed E-state index contributed by atoms with van der Waals surface area (Å²) in [6.45, 7) is 0.294. The fourth-order valence-electron chi connectivity index (χ4n) is 2.22. The van der Waals surface area contributed by atoms with Crippen LogP contribution in [0.4, 0.5) is 10.5 Å². The van der Waals surface area contributed by atoms with Gasteiger partial charge in [0.25, 0.3) is 0 Å². The minimum atomic E-state index is -0.291. The van der Waals surface area contributed by atoms with Crippen LogP contribution >= 0.6 is 0 Å². The summed E-state index contributed by atoms with van der Waals surface area (Å²) in [6, 6.07) is 13.7. The lowest BCUT2D eigenvalue weighted by atomic mass is 10.2. The van der Waals surface area contributed by atoms with Crippen molar-refractivity contribution in [3.05, 3.63) is 60.5 Å². The van der Waals surface area contributed by atoms with Gasteiger partial charge in [-0.05, 0) is 24.3 Å². The standard InChI is InChI=1S/C17H16N4O3/c1-21(10-13-5-2-3-8-15(13)22)17(23)19-14-7-4-6-12(9-14)16-20-18-11-24-16/h2-9,11,22H,10H2,1H3,(H,19,23). The van der Waals surface area contributed by atoms with E-state index in [2.05, 4.69) is 15.5 Å². The lowest BCUT2D eigenvalue weighted by molar-refractivity contribution is 0.220. The molecule has 0 saturated carbocycles. The topological polar surface area (TPSA) is 91.5 Å². The molecule has 0 aliphatic carbocycles. The van der Waals surface area contributed by atoms with Gasteiger partial charge in [-0.1, -0.05) is 24.3 Å². The number of aromatic nitrogens is 2. The van der Waals surface area contributed by atoms with E-state index in [1.807, 2.05) is 12.1 Å². The van der Waals surface area contributed by atoms with Gasteiger partial charge in [0.05, 0.1) is 6.54 Å². The number of benzene rings is 2. The molecule has 2 N–H and O–H groups in total. The monoisotopic (exact) mass is 324 g/mol. The van der Waals surface area contributed by atoms with Crippen molar-refractivity contribution in [1.29, 1.82) is 0 Å². The van der Waals surface area contributed by atoms with Gasteiger partial charge in [-0.2, -0.15) is 0 Å². The van der Waals surface area contributed by atoms with E-state index < -0.39 is 0 Å². The molecule has 1 aromatic heterocycles. The van der Waals surface area contributed by atoms with E-state index in [1.54, 1.807) is 43.4 Å². The molecule has 1 heterocycles. The normalized spacial score (nSPS) is 10.4. The van der Waals surface area contributed by atoms with Crippen molar-refractivity contribution in [3.8, 4) is 17.2 Å². The number of carbonyl (C=O) groups is 1. The number of urea groups is 1. The number of para-hydroxylation sites is 1. The summed E-state index contributed by atoms with van der Waals surface area (Å²) in [7, 11) is 1.66. The molecule has 122 valence electrons. The molecule has 7 nitrogen and oxygen atoms in total. The van der Waals surface area contributed by atoms with Crippen LogP contribution in [0, 0.1) is 0 Å². The Balaban J connectivity index is 1.68. The van der Waals surface area contributed by atoms with E-state index in [9.17, 15) is 9.90 Å². The van der Waals surface area contributed by atoms with Crippen LogP contribution in [0.2, 0.25) is 0 Å². The minimum absolute atomic E-state index is 0.163. The number of anilines is 1. The molecule has 0 fully saturated rings. The number of rotatable bonds is 4. The third-order valence-electron chi connectivity index (χ3n) is 3.47. The second kappa shape index (κ2) is 6.82. The van der Waals surface area contributed by atoms with Gasteiger partial charge in [-0.15, -0.1) is 10.2 Å². The first-order valence-electron chi connectivity index (χ1n) is 7.29. The molecule has 0 radical (unpaired) electrons. The van der Waals surface area contributed by atoms with E-state index >= 15 is 0 Å². The van der Waals surface area contributed by atoms with Gasteiger partial charge in [-0.25, -0.2) is 4.79 Å². The molecule has 0 saturated heterocycles. The molecule has 0 aliphatic heterocycles. The summed E-state index contributed by atoms with van der Waals surface area (Å²) in [5.74, 6) is 0.546. The highest BCUT2D eigenvalue weighted by molar-refractivity contribution is 5.89. The van der Waals surface area contributed by atoms with Crippen molar-refractivity contribution in [2.45, 2.75) is 6.54 Å². The zero-order valence-electron chi connectivity index (χ0n) is 13.0. The largest absolute Gasteiger partial charge is 0.508 e. The maximum Gasteiger partial charge on any atom is 0.321 e. The van der Waals surface area contributed by atoms with E-state index in [0.717, 1.165) is 0 Å². The van der Waals surface area contributed by atoms with Crippen LogP contribution in [0.15, 0.2) is 59.3 Å². The summed E-state index contributed by atoms with van der Waals surface area (Å²) in [6.07, 6.45) is 1.25. The molecular weight excluding hydrogens is 308 g/mol. The van der Waals surface area contributed by atoms with Crippen molar-refractivity contribution >= 4 is 11.7 Å². The first-order valence-corrected chi connectivity index (χ1v) is 7.29. The van der Waals surface area contributed by atoms with E-state index in [4.69, 9.17) is 4.42 Å². The third kappa shape index (κ3) is 3.52. The number of hydrogen-bond donors (Lipinski definition) is 2. The van der Waals surface area contributed by atoms with Gasteiger partial charge in [0.15, 0.2) is 0 Å². The summed E-state index contributed by atoms with van der Waals surface area (Å²) in [4.78, 5) is 13.8. The average Bonchev–Trinajstić information content (AvgIpc) is 3.12. The third-order valence-corrected chi connectivity index (χ3v) is 3.47. The predicted molar refractivity (Wildman–Crippen MR) is 88.3 cm³/mol. The molecule has 7 heteroatoms. The summed E-state index contributed by atoms with van der Waals surface area (Å²) in [5, 5.41) is 20.1. The summed E-state index contributed by atoms with van der Waals surface area (Å²) in [5.41, 5.74) is 2.00. The average molecular weight is 324 g/mol. The van der Waals surface area contributed by atoms with Gasteiger partial charge in [0.1, 0.15) is 5.75 Å². The zero-order chi connectivity index (χ0) is 16.9. The Kier molecular flexibility index (Phi) is 4.42. The SMILES string of the molecule is CN(Cc1ccccc1O)C(=O)Nc1cccc(-c2nnco2)c1. The summed E-state index contributed by atoms with van der Waals surface area (Å²) >= 11 is 0. The van der Waals surface area contributed by atoms with Gasteiger partial charge in [0.2, 0.25) is 12.3 Å². The fourth-order valence-corrected chi connectivity index (χ4v) is 2.22. The Morgan fingerprint density at radius 2 is 2.08 bits per heavy atom.